The minimum Gasteiger partial charge on any atom is -0.493 e. The van der Waals surface area contributed by atoms with Crippen LogP contribution in [-0.4, -0.2) is 55.4 Å². The summed E-state index contributed by atoms with van der Waals surface area (Å²) in [6.45, 7) is 12.7. The van der Waals surface area contributed by atoms with Gasteiger partial charge in [-0.3, -0.25) is 0 Å². The first kappa shape index (κ1) is 42.7. The first-order valence-corrected chi connectivity index (χ1v) is 18.5. The maximum Gasteiger partial charge on any atom is 0.161 e. The predicted molar refractivity (Wildman–Crippen MR) is 211 cm³/mol. The van der Waals surface area contributed by atoms with Crippen LogP contribution >= 0.6 is 0 Å². The molecule has 1 saturated heterocycles. The summed E-state index contributed by atoms with van der Waals surface area (Å²) in [6, 6.07) is 23.9. The van der Waals surface area contributed by atoms with Crippen LogP contribution in [0.25, 0.3) is 0 Å². The molecule has 0 unspecified atom stereocenters. The van der Waals surface area contributed by atoms with Gasteiger partial charge < -0.3 is 42.6 Å². The van der Waals surface area contributed by atoms with Gasteiger partial charge >= 0.3 is 0 Å². The highest BCUT2D eigenvalue weighted by molar-refractivity contribution is 5.47. The fourth-order valence-corrected chi connectivity index (χ4v) is 6.32. The van der Waals surface area contributed by atoms with Crippen LogP contribution < -0.4 is 37.9 Å². The van der Waals surface area contributed by atoms with Crippen molar-refractivity contribution >= 4 is 0 Å². The molecule has 9 nitrogen and oxygen atoms in total. The van der Waals surface area contributed by atoms with E-state index >= 15 is 0 Å². The molecule has 1 fully saturated rings. The second-order valence-electron chi connectivity index (χ2n) is 12.2. The third kappa shape index (κ3) is 11.1. The number of hydrogen-bond donors (Lipinski definition) is 0. The van der Waals surface area contributed by atoms with E-state index < -0.39 is 0 Å². The summed E-state index contributed by atoms with van der Waals surface area (Å²) in [7, 11) is 9.85. The molecule has 4 aromatic carbocycles. The molecular weight excluding hydrogens is 672 g/mol. The Labute approximate surface area is 317 Å². The molecule has 0 saturated carbocycles. The zero-order valence-corrected chi connectivity index (χ0v) is 33.7. The highest BCUT2D eigenvalue weighted by atomic mass is 16.5. The first-order chi connectivity index (χ1) is 25.8. The summed E-state index contributed by atoms with van der Waals surface area (Å²) in [5.74, 6) is 5.81. The molecule has 0 amide bonds. The van der Waals surface area contributed by atoms with Gasteiger partial charge in [0.15, 0.2) is 46.0 Å². The van der Waals surface area contributed by atoms with Crippen LogP contribution in [0.1, 0.15) is 82.4 Å². The SMILES string of the molecule is CC.CC.COc1ccc(CCOc2ccc([C@H]3O[C@H](c4ccc(O[C@H](C)Cc5ccc(OC)c(OC)c5)c(OC)c4)C[C@H]3C)cc2OC)cc1OC. The van der Waals surface area contributed by atoms with Gasteiger partial charge in [-0.25, -0.2) is 0 Å². The van der Waals surface area contributed by atoms with E-state index in [9.17, 15) is 0 Å². The quantitative estimate of drug-likeness (QED) is 0.112. The summed E-state index contributed by atoms with van der Waals surface area (Å²) >= 11 is 0. The molecule has 9 heteroatoms. The van der Waals surface area contributed by atoms with Gasteiger partial charge in [0.25, 0.3) is 0 Å². The van der Waals surface area contributed by atoms with Crippen molar-refractivity contribution in [2.45, 2.75) is 79.1 Å². The lowest BCUT2D eigenvalue weighted by Crippen LogP contribution is -2.16. The molecular formula is C44H60O9. The fourth-order valence-electron chi connectivity index (χ4n) is 6.32. The Hall–Kier alpha value is -4.76. The van der Waals surface area contributed by atoms with E-state index in [-0.39, 0.29) is 24.2 Å². The van der Waals surface area contributed by atoms with Crippen LogP contribution in [0.2, 0.25) is 0 Å². The maximum absolute atomic E-state index is 6.67. The van der Waals surface area contributed by atoms with E-state index in [1.165, 1.54) is 0 Å². The van der Waals surface area contributed by atoms with Crippen molar-refractivity contribution < 1.29 is 42.6 Å². The van der Waals surface area contributed by atoms with Crippen molar-refractivity contribution in [1.29, 1.82) is 0 Å². The molecule has 0 aromatic heterocycles. The van der Waals surface area contributed by atoms with Gasteiger partial charge in [0.1, 0.15) is 6.10 Å². The van der Waals surface area contributed by atoms with Gasteiger partial charge in [-0.1, -0.05) is 58.9 Å². The summed E-state index contributed by atoms with van der Waals surface area (Å²) < 4.78 is 52.2. The minimum atomic E-state index is -0.0992. The molecule has 5 rings (SSSR count). The Kier molecular flexibility index (Phi) is 17.5. The summed E-state index contributed by atoms with van der Waals surface area (Å²) in [6.07, 6.45) is 1.99. The Morgan fingerprint density at radius 1 is 0.566 bits per heavy atom. The standard InChI is InChI=1S/C40H48O9.2C2H6/c1-25-19-35(29-11-16-34(39(23-29)46-8)48-26(2)20-28-10-14-32(42-4)37(22-28)44-6)49-40(25)30-12-15-33(38(24-30)45-7)47-18-17-27-9-13-31(41-3)36(21-27)43-5;2*1-2/h9-16,21-26,35,40H,17-20H2,1-8H3;2*1-2H3/t25-,26-,35+,40+;;/m1../s1. The Balaban J connectivity index is 0.00000183. The van der Waals surface area contributed by atoms with E-state index in [1.807, 2.05) is 95.3 Å². The van der Waals surface area contributed by atoms with Crippen molar-refractivity contribution in [2.24, 2.45) is 5.92 Å². The lowest BCUT2D eigenvalue weighted by Gasteiger charge is -2.20. The normalized spacial score (nSPS) is 16.5. The molecule has 0 spiro atoms. The number of methoxy groups -OCH3 is 6. The molecule has 0 N–H and O–H groups in total. The molecule has 53 heavy (non-hydrogen) atoms. The second kappa shape index (κ2) is 21.7. The Morgan fingerprint density at radius 2 is 1.04 bits per heavy atom. The molecule has 0 radical (unpaired) electrons. The highest BCUT2D eigenvalue weighted by Crippen LogP contribution is 2.47. The van der Waals surface area contributed by atoms with Crippen LogP contribution in [0.3, 0.4) is 0 Å². The summed E-state index contributed by atoms with van der Waals surface area (Å²) in [5.41, 5.74) is 4.28. The molecule has 1 aliphatic heterocycles. The van der Waals surface area contributed by atoms with E-state index in [4.69, 9.17) is 42.6 Å². The lowest BCUT2D eigenvalue weighted by atomic mass is 9.94. The van der Waals surface area contributed by atoms with Gasteiger partial charge in [-0.05, 0) is 90.0 Å². The van der Waals surface area contributed by atoms with Crippen molar-refractivity contribution in [3.8, 4) is 46.0 Å². The lowest BCUT2D eigenvalue weighted by molar-refractivity contribution is 0.0344. The highest BCUT2D eigenvalue weighted by Gasteiger charge is 2.35. The number of benzene rings is 4. The maximum atomic E-state index is 6.67. The zero-order valence-electron chi connectivity index (χ0n) is 33.7. The van der Waals surface area contributed by atoms with Crippen LogP contribution in [0, 0.1) is 5.92 Å². The van der Waals surface area contributed by atoms with E-state index in [1.54, 1.807) is 42.7 Å². The van der Waals surface area contributed by atoms with Crippen molar-refractivity contribution in [3.63, 3.8) is 0 Å². The molecule has 1 aliphatic rings. The van der Waals surface area contributed by atoms with Gasteiger partial charge in [-0.2, -0.15) is 0 Å². The van der Waals surface area contributed by atoms with Crippen molar-refractivity contribution in [1.82, 2.24) is 0 Å². The topological polar surface area (TPSA) is 83.1 Å². The third-order valence-corrected chi connectivity index (χ3v) is 8.88. The number of ether oxygens (including phenoxy) is 9. The van der Waals surface area contributed by atoms with Gasteiger partial charge in [0, 0.05) is 12.8 Å². The predicted octanol–water partition coefficient (Wildman–Crippen LogP) is 10.3. The van der Waals surface area contributed by atoms with Crippen LogP contribution in [0.15, 0.2) is 72.8 Å². The van der Waals surface area contributed by atoms with Gasteiger partial charge in [0.05, 0.1) is 61.5 Å². The second-order valence-corrected chi connectivity index (χ2v) is 12.2. The zero-order chi connectivity index (χ0) is 38.9. The monoisotopic (exact) mass is 732 g/mol. The summed E-state index contributed by atoms with van der Waals surface area (Å²) in [5, 5.41) is 0. The van der Waals surface area contributed by atoms with Crippen LogP contribution in [0.5, 0.6) is 46.0 Å². The fraction of sp³-hybridized carbons (Fsp3) is 0.455. The smallest absolute Gasteiger partial charge is 0.161 e. The third-order valence-electron chi connectivity index (χ3n) is 8.88. The van der Waals surface area contributed by atoms with Crippen LogP contribution in [-0.2, 0) is 17.6 Å². The Morgan fingerprint density at radius 3 is 1.64 bits per heavy atom. The van der Waals surface area contributed by atoms with Crippen LogP contribution in [0.4, 0.5) is 0 Å². The molecule has 4 atom stereocenters. The molecule has 290 valence electrons. The average Bonchev–Trinajstić information content (AvgIpc) is 3.60. The number of rotatable bonds is 16. The largest absolute Gasteiger partial charge is 0.493 e. The first-order valence-electron chi connectivity index (χ1n) is 18.5. The van der Waals surface area contributed by atoms with E-state index in [2.05, 4.69) is 19.1 Å². The van der Waals surface area contributed by atoms with E-state index in [0.717, 1.165) is 28.7 Å². The number of hydrogen-bond acceptors (Lipinski definition) is 9. The summed E-state index contributed by atoms with van der Waals surface area (Å²) in [4.78, 5) is 0. The Bertz CT molecular complexity index is 1690. The average molecular weight is 733 g/mol. The van der Waals surface area contributed by atoms with Crippen molar-refractivity contribution in [3.05, 3.63) is 95.1 Å². The molecule has 1 heterocycles. The van der Waals surface area contributed by atoms with Gasteiger partial charge in [-0.15, -0.1) is 0 Å². The molecule has 4 aromatic rings. The molecule has 0 bridgehead atoms. The molecule has 0 aliphatic carbocycles. The van der Waals surface area contributed by atoms with E-state index in [0.29, 0.717) is 65.4 Å². The van der Waals surface area contributed by atoms with Crippen molar-refractivity contribution in [2.75, 3.05) is 49.3 Å². The minimum absolute atomic E-state index is 0.0875. The van der Waals surface area contributed by atoms with Gasteiger partial charge in [0.2, 0.25) is 0 Å².